The van der Waals surface area contributed by atoms with E-state index >= 15 is 0 Å². The summed E-state index contributed by atoms with van der Waals surface area (Å²) < 4.78 is 5.04. The fourth-order valence-electron chi connectivity index (χ4n) is 1.46. The number of aldehydes is 1. The molecule has 0 aliphatic carbocycles. The fourth-order valence-corrected chi connectivity index (χ4v) is 2.39. The predicted molar refractivity (Wildman–Crippen MR) is 70.9 cm³/mol. The number of ether oxygens (including phenoxy) is 1. The molecule has 0 radical (unpaired) electrons. The van der Waals surface area contributed by atoms with Crippen LogP contribution in [0.15, 0.2) is 0 Å². The molecule has 0 saturated heterocycles. The van der Waals surface area contributed by atoms with Crippen molar-refractivity contribution in [3.63, 3.8) is 0 Å². The van der Waals surface area contributed by atoms with E-state index in [0.717, 1.165) is 17.1 Å². The minimum Gasteiger partial charge on any atom is -0.378 e. The highest BCUT2D eigenvalue weighted by Crippen LogP contribution is 2.27. The summed E-state index contributed by atoms with van der Waals surface area (Å²) in [4.78, 5) is 18.2. The molecule has 1 unspecified atom stereocenters. The first-order valence-corrected chi connectivity index (χ1v) is 6.49. The largest absolute Gasteiger partial charge is 0.378 e. The quantitative estimate of drug-likeness (QED) is 0.734. The minimum absolute atomic E-state index is 0.383. The van der Waals surface area contributed by atoms with Crippen molar-refractivity contribution >= 4 is 22.8 Å². The van der Waals surface area contributed by atoms with Crippen molar-refractivity contribution in [2.45, 2.75) is 33.4 Å². The SMILES string of the molecule is COCc1nc(N(C)C(C)C(C)C)sc1C=O. The summed E-state index contributed by atoms with van der Waals surface area (Å²) in [5.41, 5.74) is 0.727. The molecule has 1 heterocycles. The lowest BCUT2D eigenvalue weighted by Gasteiger charge is -2.27. The lowest BCUT2D eigenvalue weighted by atomic mass is 10.1. The van der Waals surface area contributed by atoms with Gasteiger partial charge in [-0.3, -0.25) is 4.79 Å². The van der Waals surface area contributed by atoms with E-state index in [1.165, 1.54) is 11.3 Å². The van der Waals surface area contributed by atoms with E-state index in [1.54, 1.807) is 7.11 Å². The van der Waals surface area contributed by atoms with Gasteiger partial charge in [-0.1, -0.05) is 25.2 Å². The van der Waals surface area contributed by atoms with Crippen LogP contribution in [-0.2, 0) is 11.3 Å². The van der Waals surface area contributed by atoms with Crippen LogP contribution in [0.2, 0.25) is 0 Å². The van der Waals surface area contributed by atoms with Crippen LogP contribution in [0.5, 0.6) is 0 Å². The van der Waals surface area contributed by atoms with Gasteiger partial charge in [0.25, 0.3) is 0 Å². The van der Waals surface area contributed by atoms with Gasteiger partial charge in [0.1, 0.15) is 0 Å². The minimum atomic E-state index is 0.383. The monoisotopic (exact) mass is 256 g/mol. The highest BCUT2D eigenvalue weighted by atomic mass is 32.1. The van der Waals surface area contributed by atoms with E-state index < -0.39 is 0 Å². The summed E-state index contributed by atoms with van der Waals surface area (Å²) in [6.07, 6.45) is 0.851. The van der Waals surface area contributed by atoms with Crippen LogP contribution in [0.25, 0.3) is 0 Å². The van der Waals surface area contributed by atoms with Crippen molar-refractivity contribution in [1.29, 1.82) is 0 Å². The molecule has 17 heavy (non-hydrogen) atoms. The fraction of sp³-hybridized carbons (Fsp3) is 0.667. The zero-order valence-corrected chi connectivity index (χ0v) is 11.9. The maximum atomic E-state index is 10.9. The van der Waals surface area contributed by atoms with Crippen LogP contribution < -0.4 is 4.90 Å². The van der Waals surface area contributed by atoms with Crippen LogP contribution >= 0.6 is 11.3 Å². The van der Waals surface area contributed by atoms with E-state index in [9.17, 15) is 4.79 Å². The van der Waals surface area contributed by atoms with Crippen molar-refractivity contribution in [3.8, 4) is 0 Å². The maximum Gasteiger partial charge on any atom is 0.186 e. The Bertz CT molecular complexity index is 377. The van der Waals surface area contributed by atoms with E-state index in [-0.39, 0.29) is 0 Å². The average molecular weight is 256 g/mol. The molecule has 0 amide bonds. The van der Waals surface area contributed by atoms with Gasteiger partial charge in [-0.05, 0) is 12.8 Å². The first-order chi connectivity index (χ1) is 8.01. The molecule has 0 N–H and O–H groups in total. The molecule has 0 bridgehead atoms. The van der Waals surface area contributed by atoms with Gasteiger partial charge in [0, 0.05) is 20.2 Å². The molecular formula is C12H20N2O2S. The smallest absolute Gasteiger partial charge is 0.186 e. The maximum absolute atomic E-state index is 10.9. The Hall–Kier alpha value is -0.940. The first-order valence-electron chi connectivity index (χ1n) is 5.67. The van der Waals surface area contributed by atoms with Crippen molar-refractivity contribution in [2.75, 3.05) is 19.1 Å². The number of carbonyl (C=O) groups is 1. The van der Waals surface area contributed by atoms with E-state index in [2.05, 4.69) is 30.7 Å². The number of rotatable bonds is 6. The summed E-state index contributed by atoms with van der Waals surface area (Å²) in [7, 11) is 3.61. The summed E-state index contributed by atoms with van der Waals surface area (Å²) in [6.45, 7) is 6.88. The topological polar surface area (TPSA) is 42.4 Å². The second-order valence-corrected chi connectivity index (χ2v) is 5.46. The molecular weight excluding hydrogens is 236 g/mol. The van der Waals surface area contributed by atoms with Crippen molar-refractivity contribution < 1.29 is 9.53 Å². The molecule has 4 nitrogen and oxygen atoms in total. The standard InChI is InChI=1S/C12H20N2O2S/c1-8(2)9(3)14(4)12-13-10(7-16-5)11(6-15)17-12/h6,8-9H,7H2,1-5H3. The third-order valence-corrected chi connectivity index (χ3v) is 4.10. The molecule has 0 spiro atoms. The molecule has 0 saturated carbocycles. The summed E-state index contributed by atoms with van der Waals surface area (Å²) >= 11 is 1.42. The molecule has 1 atom stereocenters. The van der Waals surface area contributed by atoms with Crippen molar-refractivity contribution in [1.82, 2.24) is 4.98 Å². The lowest BCUT2D eigenvalue weighted by Crippen LogP contribution is -2.33. The van der Waals surface area contributed by atoms with E-state index in [4.69, 9.17) is 4.74 Å². The molecule has 5 heteroatoms. The van der Waals surface area contributed by atoms with Gasteiger partial charge >= 0.3 is 0 Å². The Balaban J connectivity index is 2.94. The van der Waals surface area contributed by atoms with Crippen LogP contribution in [-0.4, -0.2) is 31.5 Å². The van der Waals surface area contributed by atoms with Gasteiger partial charge in [-0.2, -0.15) is 0 Å². The third-order valence-electron chi connectivity index (χ3n) is 2.98. The Labute approximate surface area is 107 Å². The molecule has 0 aliphatic rings. The number of hydrogen-bond donors (Lipinski definition) is 0. The average Bonchev–Trinajstić information content (AvgIpc) is 2.70. The summed E-state index contributed by atoms with van der Waals surface area (Å²) in [5.74, 6) is 0.537. The molecule has 0 aliphatic heterocycles. The van der Waals surface area contributed by atoms with Crippen LogP contribution in [0.1, 0.15) is 36.1 Å². The Kier molecular flexibility index (Phi) is 5.08. The molecule has 96 valence electrons. The second kappa shape index (κ2) is 6.12. The van der Waals surface area contributed by atoms with Crippen molar-refractivity contribution in [3.05, 3.63) is 10.6 Å². The second-order valence-electron chi connectivity index (χ2n) is 4.45. The van der Waals surface area contributed by atoms with Gasteiger partial charge < -0.3 is 9.64 Å². The normalized spacial score (nSPS) is 12.8. The van der Waals surface area contributed by atoms with Crippen LogP contribution in [0.3, 0.4) is 0 Å². The molecule has 1 aromatic heterocycles. The van der Waals surface area contributed by atoms with Crippen LogP contribution in [0.4, 0.5) is 5.13 Å². The number of aromatic nitrogens is 1. The highest BCUT2D eigenvalue weighted by Gasteiger charge is 2.19. The zero-order valence-electron chi connectivity index (χ0n) is 11.1. The number of hydrogen-bond acceptors (Lipinski definition) is 5. The van der Waals surface area contributed by atoms with Gasteiger partial charge in [0.2, 0.25) is 0 Å². The Morgan fingerprint density at radius 2 is 2.12 bits per heavy atom. The Morgan fingerprint density at radius 3 is 2.59 bits per heavy atom. The summed E-state index contributed by atoms with van der Waals surface area (Å²) in [5, 5.41) is 0.875. The first kappa shape index (κ1) is 14.1. The zero-order chi connectivity index (χ0) is 13.0. The number of methoxy groups -OCH3 is 1. The molecule has 0 aromatic carbocycles. The van der Waals surface area contributed by atoms with E-state index in [0.29, 0.717) is 23.4 Å². The lowest BCUT2D eigenvalue weighted by molar-refractivity contribution is 0.112. The van der Waals surface area contributed by atoms with Gasteiger partial charge in [0.05, 0.1) is 17.2 Å². The molecule has 0 fully saturated rings. The third kappa shape index (κ3) is 3.26. The molecule has 1 rings (SSSR count). The number of anilines is 1. The summed E-state index contributed by atoms with van der Waals surface area (Å²) in [6, 6.07) is 0.385. The van der Waals surface area contributed by atoms with Crippen LogP contribution in [0, 0.1) is 5.92 Å². The number of carbonyl (C=O) groups excluding carboxylic acids is 1. The van der Waals surface area contributed by atoms with E-state index in [1.807, 2.05) is 7.05 Å². The van der Waals surface area contributed by atoms with Gasteiger partial charge in [-0.25, -0.2) is 4.98 Å². The van der Waals surface area contributed by atoms with Gasteiger partial charge in [-0.15, -0.1) is 0 Å². The van der Waals surface area contributed by atoms with Gasteiger partial charge in [0.15, 0.2) is 11.4 Å². The highest BCUT2D eigenvalue weighted by molar-refractivity contribution is 7.17. The number of nitrogens with zero attached hydrogens (tertiary/aromatic N) is 2. The van der Waals surface area contributed by atoms with Crippen molar-refractivity contribution in [2.24, 2.45) is 5.92 Å². The molecule has 1 aromatic rings. The predicted octanol–water partition coefficient (Wildman–Crippen LogP) is 2.58. The Morgan fingerprint density at radius 1 is 1.47 bits per heavy atom. The number of thiazole rings is 1.